The minimum Gasteiger partial charge on any atom is -0.465 e. The molecule has 2 amide bonds. The Kier molecular flexibility index (Phi) is 6.03. The fourth-order valence-electron chi connectivity index (χ4n) is 2.89. The largest absolute Gasteiger partial charge is 0.465 e. The normalized spacial score (nSPS) is 13.9. The number of halogens is 1. The Morgan fingerprint density at radius 2 is 1.85 bits per heavy atom. The zero-order chi connectivity index (χ0) is 19.2. The molecule has 6 nitrogen and oxygen atoms in total. The molecule has 0 spiro atoms. The molecule has 0 N–H and O–H groups in total. The molecular weight excluding hydrogens is 351 g/mol. The van der Waals surface area contributed by atoms with Gasteiger partial charge in [-0.2, -0.15) is 0 Å². The Morgan fingerprint density at radius 3 is 2.48 bits per heavy atom. The van der Waals surface area contributed by atoms with Crippen molar-refractivity contribution in [2.75, 3.05) is 38.3 Å². The number of hydrogen-bond acceptors (Lipinski definition) is 4. The van der Waals surface area contributed by atoms with E-state index in [0.29, 0.717) is 37.6 Å². The van der Waals surface area contributed by atoms with Gasteiger partial charge < -0.3 is 14.4 Å². The van der Waals surface area contributed by atoms with Gasteiger partial charge in [-0.3, -0.25) is 4.90 Å². The summed E-state index contributed by atoms with van der Waals surface area (Å²) < 4.78 is 24.5. The lowest BCUT2D eigenvalue weighted by Gasteiger charge is -2.33. The topological polar surface area (TPSA) is 59.1 Å². The van der Waals surface area contributed by atoms with Crippen molar-refractivity contribution in [3.63, 3.8) is 0 Å². The molecular formula is C20H21FN2O4. The van der Waals surface area contributed by atoms with Crippen molar-refractivity contribution < 1.29 is 23.5 Å². The van der Waals surface area contributed by atoms with Crippen molar-refractivity contribution in [3.05, 3.63) is 65.5 Å². The third-order valence-corrected chi connectivity index (χ3v) is 4.38. The number of anilines is 1. The Balaban J connectivity index is 1.87. The second-order valence-corrected chi connectivity index (χ2v) is 6.10. The molecule has 0 aliphatic carbocycles. The van der Waals surface area contributed by atoms with Crippen LogP contribution in [-0.2, 0) is 16.0 Å². The summed E-state index contributed by atoms with van der Waals surface area (Å²) in [5, 5.41) is 0. The highest BCUT2D eigenvalue weighted by Gasteiger charge is 2.25. The van der Waals surface area contributed by atoms with Gasteiger partial charge in [-0.15, -0.1) is 0 Å². The van der Waals surface area contributed by atoms with E-state index in [1.807, 2.05) is 18.2 Å². The number of para-hydroxylation sites is 1. The smallest absolute Gasteiger partial charge is 0.337 e. The van der Waals surface area contributed by atoms with E-state index in [4.69, 9.17) is 4.74 Å². The zero-order valence-electron chi connectivity index (χ0n) is 15.1. The maximum Gasteiger partial charge on any atom is 0.337 e. The third-order valence-electron chi connectivity index (χ3n) is 4.38. The molecule has 1 heterocycles. The molecule has 0 unspecified atom stereocenters. The van der Waals surface area contributed by atoms with Crippen molar-refractivity contribution in [2.24, 2.45) is 0 Å². The number of methoxy groups -OCH3 is 1. The van der Waals surface area contributed by atoms with E-state index >= 15 is 0 Å². The number of nitrogens with zero attached hydrogens (tertiary/aromatic N) is 2. The maximum absolute atomic E-state index is 14.5. The number of esters is 1. The molecule has 0 atom stereocenters. The van der Waals surface area contributed by atoms with Crippen LogP contribution in [0.3, 0.4) is 0 Å². The van der Waals surface area contributed by atoms with Gasteiger partial charge in [0.05, 0.1) is 32.4 Å². The van der Waals surface area contributed by atoms with Gasteiger partial charge in [-0.1, -0.05) is 24.3 Å². The third kappa shape index (κ3) is 4.43. The van der Waals surface area contributed by atoms with Gasteiger partial charge in [0.2, 0.25) is 0 Å². The van der Waals surface area contributed by atoms with Gasteiger partial charge in [-0.25, -0.2) is 14.0 Å². The van der Waals surface area contributed by atoms with Gasteiger partial charge >= 0.3 is 12.0 Å². The first-order valence-electron chi connectivity index (χ1n) is 8.66. The number of morpholine rings is 1. The number of urea groups is 1. The van der Waals surface area contributed by atoms with Gasteiger partial charge in [0, 0.05) is 24.3 Å². The summed E-state index contributed by atoms with van der Waals surface area (Å²) in [6.07, 6.45) is 0. The molecule has 0 bridgehead atoms. The monoisotopic (exact) mass is 372 g/mol. The van der Waals surface area contributed by atoms with Crippen LogP contribution < -0.4 is 4.90 Å². The highest BCUT2D eigenvalue weighted by Crippen LogP contribution is 2.21. The Labute approximate surface area is 157 Å². The first kappa shape index (κ1) is 18.8. The van der Waals surface area contributed by atoms with Gasteiger partial charge in [0.25, 0.3) is 0 Å². The molecule has 1 aliphatic heterocycles. The predicted octanol–water partition coefficient (Wildman–Crippen LogP) is 3.07. The molecule has 1 aliphatic rings. The minimum atomic E-state index is -0.607. The van der Waals surface area contributed by atoms with Crippen LogP contribution in [0.2, 0.25) is 0 Å². The second kappa shape index (κ2) is 8.64. The number of hydrogen-bond donors (Lipinski definition) is 0. The van der Waals surface area contributed by atoms with E-state index in [1.54, 1.807) is 17.0 Å². The molecule has 7 heteroatoms. The maximum atomic E-state index is 14.5. The average molecular weight is 372 g/mol. The first-order valence-corrected chi connectivity index (χ1v) is 8.66. The van der Waals surface area contributed by atoms with E-state index in [9.17, 15) is 14.0 Å². The number of carbonyl (C=O) groups excluding carboxylic acids is 2. The molecule has 3 rings (SSSR count). The lowest BCUT2D eigenvalue weighted by atomic mass is 10.1. The average Bonchev–Trinajstić information content (AvgIpc) is 2.73. The fourth-order valence-corrected chi connectivity index (χ4v) is 2.89. The fraction of sp³-hybridized carbons (Fsp3) is 0.300. The minimum absolute atomic E-state index is 0.0491. The summed E-state index contributed by atoms with van der Waals surface area (Å²) in [6.45, 7) is 2.00. The molecule has 0 aromatic heterocycles. The molecule has 2 aromatic rings. The molecule has 0 saturated carbocycles. The van der Waals surface area contributed by atoms with Crippen LogP contribution in [-0.4, -0.2) is 50.3 Å². The summed E-state index contributed by atoms with van der Waals surface area (Å²) in [5.41, 5.74) is 1.11. The second-order valence-electron chi connectivity index (χ2n) is 6.10. The van der Waals surface area contributed by atoms with E-state index in [0.717, 1.165) is 6.07 Å². The number of benzene rings is 2. The van der Waals surface area contributed by atoms with E-state index < -0.39 is 11.8 Å². The van der Waals surface area contributed by atoms with Crippen molar-refractivity contribution in [2.45, 2.75) is 6.54 Å². The van der Waals surface area contributed by atoms with E-state index in [1.165, 1.54) is 24.1 Å². The van der Waals surface area contributed by atoms with Gasteiger partial charge in [0.15, 0.2) is 0 Å². The highest BCUT2D eigenvalue weighted by molar-refractivity contribution is 5.92. The first-order chi connectivity index (χ1) is 13.1. The Bertz CT molecular complexity index is 807. The van der Waals surface area contributed by atoms with Crippen LogP contribution in [0.25, 0.3) is 0 Å². The van der Waals surface area contributed by atoms with Crippen LogP contribution in [0.5, 0.6) is 0 Å². The summed E-state index contributed by atoms with van der Waals surface area (Å²) >= 11 is 0. The summed E-state index contributed by atoms with van der Waals surface area (Å²) in [7, 11) is 1.24. The number of amides is 2. The van der Waals surface area contributed by atoms with Crippen LogP contribution >= 0.6 is 0 Å². The standard InChI is InChI=1S/C20H21FN2O4/c1-26-19(24)15-7-8-16(18(21)13-15)14-23(17-5-3-2-4-6-17)20(25)22-9-11-27-12-10-22/h2-8,13H,9-12,14H2,1H3. The SMILES string of the molecule is COC(=O)c1ccc(CN(C(=O)N2CCOCC2)c2ccccc2)c(F)c1. The van der Waals surface area contributed by atoms with Crippen LogP contribution in [0.1, 0.15) is 15.9 Å². The van der Waals surface area contributed by atoms with Crippen molar-refractivity contribution in [3.8, 4) is 0 Å². The Hall–Kier alpha value is -2.93. The zero-order valence-corrected chi connectivity index (χ0v) is 15.1. The molecule has 2 aromatic carbocycles. The quantitative estimate of drug-likeness (QED) is 0.774. The lowest BCUT2D eigenvalue weighted by Crippen LogP contribution is -2.48. The summed E-state index contributed by atoms with van der Waals surface area (Å²) in [4.78, 5) is 27.8. The number of rotatable bonds is 4. The van der Waals surface area contributed by atoms with E-state index in [-0.39, 0.29) is 18.1 Å². The number of carbonyl (C=O) groups is 2. The van der Waals surface area contributed by atoms with Crippen molar-refractivity contribution in [1.29, 1.82) is 0 Å². The van der Waals surface area contributed by atoms with Gasteiger partial charge in [0.1, 0.15) is 5.82 Å². The molecule has 0 radical (unpaired) electrons. The summed E-state index contributed by atoms with van der Waals surface area (Å²) in [6, 6.07) is 13.0. The van der Waals surface area contributed by atoms with Crippen LogP contribution in [0.4, 0.5) is 14.9 Å². The predicted molar refractivity (Wildman–Crippen MR) is 98.2 cm³/mol. The summed E-state index contributed by atoms with van der Waals surface area (Å²) in [5.74, 6) is -1.17. The molecule has 1 fully saturated rings. The molecule has 27 heavy (non-hydrogen) atoms. The highest BCUT2D eigenvalue weighted by atomic mass is 19.1. The van der Waals surface area contributed by atoms with Gasteiger partial charge in [-0.05, 0) is 24.3 Å². The molecule has 1 saturated heterocycles. The van der Waals surface area contributed by atoms with Crippen molar-refractivity contribution >= 4 is 17.7 Å². The van der Waals surface area contributed by atoms with E-state index in [2.05, 4.69) is 4.74 Å². The number of ether oxygens (including phenoxy) is 2. The Morgan fingerprint density at radius 1 is 1.15 bits per heavy atom. The van der Waals surface area contributed by atoms with Crippen molar-refractivity contribution in [1.82, 2.24) is 4.90 Å². The lowest BCUT2D eigenvalue weighted by molar-refractivity contribution is 0.0548. The van der Waals surface area contributed by atoms with Crippen LogP contribution in [0, 0.1) is 5.82 Å². The molecule has 142 valence electrons. The van der Waals surface area contributed by atoms with Crippen LogP contribution in [0.15, 0.2) is 48.5 Å².